The van der Waals surface area contributed by atoms with Crippen molar-refractivity contribution in [2.24, 2.45) is 0 Å². The second-order valence-electron chi connectivity index (χ2n) is 5.46. The summed E-state index contributed by atoms with van der Waals surface area (Å²) in [5, 5.41) is 0. The van der Waals surface area contributed by atoms with E-state index in [1.807, 2.05) is 0 Å². The third-order valence-corrected chi connectivity index (χ3v) is 3.91. The summed E-state index contributed by atoms with van der Waals surface area (Å²) in [4.78, 5) is 36.6. The molecule has 0 bridgehead atoms. The third-order valence-electron chi connectivity index (χ3n) is 3.91. The van der Waals surface area contributed by atoms with Crippen molar-refractivity contribution in [1.82, 2.24) is 0 Å². The summed E-state index contributed by atoms with van der Waals surface area (Å²) in [7, 11) is 3.95. The van der Waals surface area contributed by atoms with Gasteiger partial charge in [-0.2, -0.15) is 0 Å². The molecule has 0 aliphatic carbocycles. The van der Waals surface area contributed by atoms with E-state index in [0.717, 1.165) is 0 Å². The van der Waals surface area contributed by atoms with E-state index in [-0.39, 0.29) is 16.9 Å². The average molecular weight is 372 g/mol. The van der Waals surface area contributed by atoms with Gasteiger partial charge >= 0.3 is 17.9 Å². The van der Waals surface area contributed by atoms with Gasteiger partial charge in [0.1, 0.15) is 11.5 Å². The van der Waals surface area contributed by atoms with E-state index in [4.69, 9.17) is 18.9 Å². The minimum atomic E-state index is -0.729. The molecule has 2 aromatic rings. The Labute approximate surface area is 156 Å². The largest absolute Gasteiger partial charge is 0.497 e. The minimum absolute atomic E-state index is 0.0266. The van der Waals surface area contributed by atoms with Gasteiger partial charge in [0.2, 0.25) is 0 Å². The summed E-state index contributed by atoms with van der Waals surface area (Å²) in [6, 6.07) is 9.21. The molecule has 142 valence electrons. The van der Waals surface area contributed by atoms with Gasteiger partial charge in [-0.25, -0.2) is 14.4 Å². The smallest absolute Gasteiger partial charge is 0.343 e. The molecular formula is C20H20O7. The molecule has 2 rings (SSSR count). The van der Waals surface area contributed by atoms with E-state index in [9.17, 15) is 14.4 Å². The van der Waals surface area contributed by atoms with Crippen LogP contribution in [0.2, 0.25) is 0 Å². The Bertz CT molecular complexity index is 853. The zero-order chi connectivity index (χ0) is 20.0. The number of methoxy groups -OCH3 is 3. The Kier molecular flexibility index (Phi) is 6.54. The van der Waals surface area contributed by atoms with Gasteiger partial charge in [0, 0.05) is 0 Å². The molecular weight excluding hydrogens is 352 g/mol. The van der Waals surface area contributed by atoms with Gasteiger partial charge < -0.3 is 18.9 Å². The molecule has 0 radical (unpaired) electrons. The normalized spacial score (nSPS) is 10.1. The third kappa shape index (κ3) is 4.44. The zero-order valence-corrected chi connectivity index (χ0v) is 15.5. The fourth-order valence-corrected chi connectivity index (χ4v) is 2.52. The van der Waals surface area contributed by atoms with Crippen molar-refractivity contribution < 1.29 is 33.3 Å². The number of rotatable bonds is 6. The van der Waals surface area contributed by atoms with E-state index in [1.165, 1.54) is 33.5 Å². The van der Waals surface area contributed by atoms with Crippen LogP contribution in [0, 0.1) is 0 Å². The number of carbonyl (C=O) groups excluding carboxylic acids is 3. The molecule has 0 atom stereocenters. The molecule has 0 aromatic heterocycles. The maximum atomic E-state index is 12.4. The maximum absolute atomic E-state index is 12.4. The van der Waals surface area contributed by atoms with Crippen LogP contribution in [0.15, 0.2) is 36.4 Å². The van der Waals surface area contributed by atoms with E-state index < -0.39 is 17.9 Å². The predicted octanol–water partition coefficient (Wildman–Crippen LogP) is 3.05. The highest BCUT2D eigenvalue weighted by Gasteiger charge is 2.24. The maximum Gasteiger partial charge on any atom is 0.343 e. The SMILES string of the molecule is CCc1cc(OC(=O)c2ccc(OC)cc2)cc(C(=O)OC)c1C(=O)OC. The minimum Gasteiger partial charge on any atom is -0.497 e. The van der Waals surface area contributed by atoms with E-state index in [2.05, 4.69) is 0 Å². The van der Waals surface area contributed by atoms with Crippen molar-refractivity contribution in [3.05, 3.63) is 58.7 Å². The first-order valence-corrected chi connectivity index (χ1v) is 8.14. The molecule has 0 spiro atoms. The molecule has 0 unspecified atom stereocenters. The van der Waals surface area contributed by atoms with Crippen molar-refractivity contribution in [1.29, 1.82) is 0 Å². The molecule has 7 heteroatoms. The summed E-state index contributed by atoms with van der Waals surface area (Å²) in [5.41, 5.74) is 0.880. The molecule has 27 heavy (non-hydrogen) atoms. The van der Waals surface area contributed by atoms with E-state index in [1.54, 1.807) is 31.2 Å². The first-order valence-electron chi connectivity index (χ1n) is 8.14. The Hall–Kier alpha value is -3.35. The second kappa shape index (κ2) is 8.84. The Morgan fingerprint density at radius 3 is 1.96 bits per heavy atom. The molecule has 0 heterocycles. The van der Waals surface area contributed by atoms with Crippen LogP contribution in [-0.2, 0) is 15.9 Å². The van der Waals surface area contributed by atoms with Gasteiger partial charge in [-0.1, -0.05) is 6.92 Å². The predicted molar refractivity (Wildman–Crippen MR) is 96.5 cm³/mol. The number of hydrogen-bond acceptors (Lipinski definition) is 7. The van der Waals surface area contributed by atoms with Gasteiger partial charge in [0.15, 0.2) is 0 Å². The summed E-state index contributed by atoms with van der Waals surface area (Å²) in [6.07, 6.45) is 0.419. The monoisotopic (exact) mass is 372 g/mol. The molecule has 7 nitrogen and oxygen atoms in total. The van der Waals surface area contributed by atoms with Crippen LogP contribution in [0.3, 0.4) is 0 Å². The number of benzene rings is 2. The number of ether oxygens (including phenoxy) is 4. The van der Waals surface area contributed by atoms with Crippen molar-refractivity contribution in [2.45, 2.75) is 13.3 Å². The van der Waals surface area contributed by atoms with E-state index >= 15 is 0 Å². The summed E-state index contributed by atoms with van der Waals surface area (Å²) in [5.74, 6) is -1.27. The first kappa shape index (κ1) is 20.0. The molecule has 0 aliphatic heterocycles. The van der Waals surface area contributed by atoms with Crippen molar-refractivity contribution >= 4 is 17.9 Å². The summed E-state index contributed by atoms with van der Waals surface area (Å²) in [6.45, 7) is 1.80. The van der Waals surface area contributed by atoms with Crippen molar-refractivity contribution in [3.63, 3.8) is 0 Å². The number of hydrogen-bond donors (Lipinski definition) is 0. The average Bonchev–Trinajstić information content (AvgIpc) is 2.71. The van der Waals surface area contributed by atoms with Crippen LogP contribution in [0.5, 0.6) is 11.5 Å². The van der Waals surface area contributed by atoms with Crippen LogP contribution >= 0.6 is 0 Å². The molecule has 0 fully saturated rings. The molecule has 0 saturated carbocycles. The van der Waals surface area contributed by atoms with Crippen LogP contribution in [0.4, 0.5) is 0 Å². The Balaban J connectivity index is 2.42. The molecule has 0 amide bonds. The Morgan fingerprint density at radius 2 is 1.44 bits per heavy atom. The van der Waals surface area contributed by atoms with Gasteiger partial charge in [-0.05, 0) is 48.4 Å². The standard InChI is InChI=1S/C20H20O7/c1-5-12-10-15(11-16(19(22)25-3)17(12)20(23)26-4)27-18(21)13-6-8-14(24-2)9-7-13/h6-11H,5H2,1-4H3. The van der Waals surface area contributed by atoms with Crippen molar-refractivity contribution in [2.75, 3.05) is 21.3 Å². The van der Waals surface area contributed by atoms with Gasteiger partial charge in [-0.15, -0.1) is 0 Å². The lowest BCUT2D eigenvalue weighted by Crippen LogP contribution is -2.16. The number of esters is 3. The van der Waals surface area contributed by atoms with Gasteiger partial charge in [0.25, 0.3) is 0 Å². The topological polar surface area (TPSA) is 88.1 Å². The Morgan fingerprint density at radius 1 is 0.815 bits per heavy atom. The lowest BCUT2D eigenvalue weighted by Gasteiger charge is -2.14. The molecule has 0 saturated heterocycles. The highest BCUT2D eigenvalue weighted by molar-refractivity contribution is 6.04. The van der Waals surface area contributed by atoms with Gasteiger partial charge in [-0.3, -0.25) is 0 Å². The fourth-order valence-electron chi connectivity index (χ4n) is 2.52. The highest BCUT2D eigenvalue weighted by Crippen LogP contribution is 2.26. The first-order chi connectivity index (χ1) is 12.9. The summed E-state index contributed by atoms with van der Waals surface area (Å²) >= 11 is 0. The van der Waals surface area contributed by atoms with Crippen LogP contribution in [0.25, 0.3) is 0 Å². The summed E-state index contributed by atoms with van der Waals surface area (Å²) < 4.78 is 19.9. The lowest BCUT2D eigenvalue weighted by atomic mass is 9.98. The molecule has 2 aromatic carbocycles. The fraction of sp³-hybridized carbons (Fsp3) is 0.250. The van der Waals surface area contributed by atoms with Crippen LogP contribution in [-0.4, -0.2) is 39.2 Å². The molecule has 0 N–H and O–H groups in total. The quantitative estimate of drug-likeness (QED) is 0.569. The number of carbonyl (C=O) groups is 3. The van der Waals surface area contributed by atoms with Crippen LogP contribution < -0.4 is 9.47 Å². The van der Waals surface area contributed by atoms with Crippen molar-refractivity contribution in [3.8, 4) is 11.5 Å². The highest BCUT2D eigenvalue weighted by atomic mass is 16.5. The number of aryl methyl sites for hydroxylation is 1. The zero-order valence-electron chi connectivity index (χ0n) is 15.5. The van der Waals surface area contributed by atoms with Gasteiger partial charge in [0.05, 0.1) is 38.0 Å². The molecule has 0 aliphatic rings. The lowest BCUT2D eigenvalue weighted by molar-refractivity contribution is 0.0553. The van der Waals surface area contributed by atoms with Crippen LogP contribution in [0.1, 0.15) is 43.6 Å². The van der Waals surface area contributed by atoms with E-state index in [0.29, 0.717) is 23.3 Å². The second-order valence-corrected chi connectivity index (χ2v) is 5.46.